The summed E-state index contributed by atoms with van der Waals surface area (Å²) in [5.41, 5.74) is 1.93. The maximum atomic E-state index is 12.6. The van der Waals surface area contributed by atoms with Gasteiger partial charge in [0.25, 0.3) is 0 Å². The number of fused-ring (bicyclic) bond motifs is 1. The van der Waals surface area contributed by atoms with Crippen LogP contribution in [0.2, 0.25) is 0 Å². The van der Waals surface area contributed by atoms with Gasteiger partial charge in [0.1, 0.15) is 23.0 Å². The largest absolute Gasteiger partial charge is 0.372 e. The molecule has 4 rings (SSSR count). The van der Waals surface area contributed by atoms with Gasteiger partial charge in [0.05, 0.1) is 29.5 Å². The lowest BCUT2D eigenvalue weighted by atomic mass is 10.2. The van der Waals surface area contributed by atoms with Crippen LogP contribution in [-0.2, 0) is 16.1 Å². The van der Waals surface area contributed by atoms with Crippen molar-refractivity contribution in [1.29, 1.82) is 0 Å². The van der Waals surface area contributed by atoms with Crippen molar-refractivity contribution in [3.63, 3.8) is 0 Å². The average Bonchev–Trinajstić information content (AvgIpc) is 3.20. The van der Waals surface area contributed by atoms with Crippen molar-refractivity contribution in [2.45, 2.75) is 46.4 Å². The summed E-state index contributed by atoms with van der Waals surface area (Å²) in [6, 6.07) is 0. The molecule has 4 heterocycles. The van der Waals surface area contributed by atoms with Gasteiger partial charge in [0, 0.05) is 19.3 Å². The molecule has 3 aromatic heterocycles. The third-order valence-corrected chi connectivity index (χ3v) is 5.68. The second kappa shape index (κ2) is 7.48. The Morgan fingerprint density at radius 3 is 2.79 bits per heavy atom. The minimum Gasteiger partial charge on any atom is -0.372 e. The van der Waals surface area contributed by atoms with Crippen LogP contribution < -0.4 is 5.32 Å². The van der Waals surface area contributed by atoms with E-state index >= 15 is 0 Å². The number of hydrogen-bond donors (Lipinski definition) is 1. The summed E-state index contributed by atoms with van der Waals surface area (Å²) in [4.78, 5) is 24.5. The molecule has 0 aromatic carbocycles. The van der Waals surface area contributed by atoms with Gasteiger partial charge in [-0.3, -0.25) is 9.48 Å². The zero-order valence-electron chi connectivity index (χ0n) is 16.5. The number of anilines is 2. The van der Waals surface area contributed by atoms with Crippen LogP contribution in [0.3, 0.4) is 0 Å². The van der Waals surface area contributed by atoms with E-state index in [0.29, 0.717) is 13.1 Å². The van der Waals surface area contributed by atoms with Crippen molar-refractivity contribution >= 4 is 39.0 Å². The van der Waals surface area contributed by atoms with Crippen LogP contribution in [-0.4, -0.2) is 55.9 Å². The molecular weight excluding hydrogens is 376 g/mol. The third kappa shape index (κ3) is 3.85. The Morgan fingerprint density at radius 2 is 2.04 bits per heavy atom. The number of hydrogen-bond acceptors (Lipinski definition) is 7. The van der Waals surface area contributed by atoms with E-state index in [9.17, 15) is 4.79 Å². The van der Waals surface area contributed by atoms with E-state index in [1.165, 1.54) is 0 Å². The molecule has 1 N–H and O–H groups in total. The van der Waals surface area contributed by atoms with E-state index in [0.717, 1.165) is 33.1 Å². The molecule has 0 bridgehead atoms. The minimum atomic E-state index is 0.0469. The summed E-state index contributed by atoms with van der Waals surface area (Å²) >= 11 is 1.61. The molecule has 1 amide bonds. The molecule has 8 nitrogen and oxygen atoms in total. The Balaban J connectivity index is 1.48. The molecule has 2 unspecified atom stereocenters. The van der Waals surface area contributed by atoms with Gasteiger partial charge in [-0.1, -0.05) is 0 Å². The van der Waals surface area contributed by atoms with Crippen molar-refractivity contribution in [3.8, 4) is 0 Å². The molecule has 148 valence electrons. The van der Waals surface area contributed by atoms with Crippen LogP contribution in [0.1, 0.15) is 25.2 Å². The van der Waals surface area contributed by atoms with Crippen LogP contribution in [0, 0.1) is 13.8 Å². The molecular formula is C19H24N6O2S. The van der Waals surface area contributed by atoms with Crippen LogP contribution in [0.4, 0.5) is 11.5 Å². The topological polar surface area (TPSA) is 85.2 Å². The standard InChI is InChI=1S/C19H24N6O2S/c1-11-10-28-19-17(11)18(21-14(4)22-19)23-15-5-20-25(8-15)9-16(26)24-6-12(2)27-13(3)7-24/h5,8,10,12-13H,6-7,9H2,1-4H3,(H,21,22,23). The predicted molar refractivity (Wildman–Crippen MR) is 109 cm³/mol. The van der Waals surface area contributed by atoms with Crippen LogP contribution >= 0.6 is 11.3 Å². The Bertz CT molecular complexity index is 1000. The number of thiophene rings is 1. The monoisotopic (exact) mass is 400 g/mol. The zero-order valence-corrected chi connectivity index (χ0v) is 17.3. The number of carbonyl (C=O) groups is 1. The number of carbonyl (C=O) groups excluding carboxylic acids is 1. The maximum Gasteiger partial charge on any atom is 0.244 e. The molecule has 3 aromatic rings. The van der Waals surface area contributed by atoms with Crippen LogP contribution in [0.5, 0.6) is 0 Å². The lowest BCUT2D eigenvalue weighted by Crippen LogP contribution is -2.49. The first-order valence-electron chi connectivity index (χ1n) is 9.34. The quantitative estimate of drug-likeness (QED) is 0.725. The smallest absolute Gasteiger partial charge is 0.244 e. The molecule has 28 heavy (non-hydrogen) atoms. The van der Waals surface area contributed by atoms with E-state index < -0.39 is 0 Å². The van der Waals surface area contributed by atoms with Gasteiger partial charge < -0.3 is 15.0 Å². The lowest BCUT2D eigenvalue weighted by molar-refractivity contribution is -0.144. The summed E-state index contributed by atoms with van der Waals surface area (Å²) < 4.78 is 7.35. The molecule has 9 heteroatoms. The predicted octanol–water partition coefficient (Wildman–Crippen LogP) is 2.88. The number of ether oxygens (including phenoxy) is 1. The summed E-state index contributed by atoms with van der Waals surface area (Å²) in [6.07, 6.45) is 3.65. The van der Waals surface area contributed by atoms with E-state index in [-0.39, 0.29) is 24.7 Å². The Hall–Kier alpha value is -2.52. The molecule has 2 atom stereocenters. The highest BCUT2D eigenvalue weighted by Gasteiger charge is 2.26. The first-order valence-corrected chi connectivity index (χ1v) is 10.2. The van der Waals surface area contributed by atoms with Gasteiger partial charge in [0.2, 0.25) is 5.91 Å². The second-order valence-corrected chi connectivity index (χ2v) is 8.18. The van der Waals surface area contributed by atoms with Crippen LogP contribution in [0.25, 0.3) is 10.2 Å². The second-order valence-electron chi connectivity index (χ2n) is 7.33. The normalized spacial score (nSPS) is 19.9. The van der Waals surface area contributed by atoms with E-state index in [1.54, 1.807) is 22.2 Å². The molecule has 0 spiro atoms. The summed E-state index contributed by atoms with van der Waals surface area (Å²) in [5, 5.41) is 10.8. The number of morpholine rings is 1. The number of amides is 1. The number of nitrogens with zero attached hydrogens (tertiary/aromatic N) is 5. The van der Waals surface area contributed by atoms with Gasteiger partial charge in [0.15, 0.2) is 0 Å². The molecule has 0 saturated carbocycles. The van der Waals surface area contributed by atoms with Gasteiger partial charge in [-0.15, -0.1) is 11.3 Å². The summed E-state index contributed by atoms with van der Waals surface area (Å²) in [7, 11) is 0. The maximum absolute atomic E-state index is 12.6. The van der Waals surface area contributed by atoms with Crippen LogP contribution in [0.15, 0.2) is 17.8 Å². The minimum absolute atomic E-state index is 0.0469. The van der Waals surface area contributed by atoms with Gasteiger partial charge >= 0.3 is 0 Å². The number of aromatic nitrogens is 4. The van der Waals surface area contributed by atoms with E-state index in [2.05, 4.69) is 32.7 Å². The molecule has 1 fully saturated rings. The van der Waals surface area contributed by atoms with Crippen molar-refractivity contribution in [2.24, 2.45) is 0 Å². The molecule has 1 aliphatic heterocycles. The van der Waals surface area contributed by atoms with Crippen molar-refractivity contribution in [3.05, 3.63) is 29.2 Å². The first-order chi connectivity index (χ1) is 13.4. The SMILES string of the molecule is Cc1nc(Nc2cnn(CC(=O)N3CC(C)OC(C)C3)c2)c2c(C)csc2n1. The van der Waals surface area contributed by atoms with Gasteiger partial charge in [-0.2, -0.15) is 5.10 Å². The van der Waals surface area contributed by atoms with Gasteiger partial charge in [-0.05, 0) is 38.6 Å². The summed E-state index contributed by atoms with van der Waals surface area (Å²) in [6.45, 7) is 9.35. The number of rotatable bonds is 4. The highest BCUT2D eigenvalue weighted by Crippen LogP contribution is 2.31. The fourth-order valence-corrected chi connectivity index (χ4v) is 4.52. The molecule has 1 saturated heterocycles. The first kappa shape index (κ1) is 18.8. The Labute approximate surface area is 167 Å². The fourth-order valence-electron chi connectivity index (χ4n) is 3.55. The van der Waals surface area contributed by atoms with E-state index in [1.807, 2.05) is 31.9 Å². The Kier molecular flexibility index (Phi) is 5.03. The van der Waals surface area contributed by atoms with E-state index in [4.69, 9.17) is 4.74 Å². The third-order valence-electron chi connectivity index (χ3n) is 4.69. The summed E-state index contributed by atoms with van der Waals surface area (Å²) in [5.74, 6) is 1.53. The average molecular weight is 401 g/mol. The molecule has 0 radical (unpaired) electrons. The highest BCUT2D eigenvalue weighted by atomic mass is 32.1. The number of nitrogens with one attached hydrogen (secondary N) is 1. The van der Waals surface area contributed by atoms with Crippen molar-refractivity contribution in [2.75, 3.05) is 18.4 Å². The highest BCUT2D eigenvalue weighted by molar-refractivity contribution is 7.17. The zero-order chi connectivity index (χ0) is 19.8. The number of aryl methyl sites for hydroxylation is 2. The molecule has 1 aliphatic rings. The fraction of sp³-hybridized carbons (Fsp3) is 0.474. The van der Waals surface area contributed by atoms with Crippen molar-refractivity contribution < 1.29 is 9.53 Å². The molecule has 0 aliphatic carbocycles. The van der Waals surface area contributed by atoms with Crippen molar-refractivity contribution in [1.82, 2.24) is 24.6 Å². The Morgan fingerprint density at radius 1 is 1.29 bits per heavy atom. The lowest BCUT2D eigenvalue weighted by Gasteiger charge is -2.35. The van der Waals surface area contributed by atoms with Gasteiger partial charge in [-0.25, -0.2) is 9.97 Å².